The molecule has 0 saturated heterocycles. The summed E-state index contributed by atoms with van der Waals surface area (Å²) in [4.78, 5) is 35.1. The first-order valence-electron chi connectivity index (χ1n) is 8.22. The third-order valence-electron chi connectivity index (χ3n) is 4.10. The van der Waals surface area contributed by atoms with E-state index in [1.54, 1.807) is 31.2 Å². The monoisotopic (exact) mass is 402 g/mol. The Kier molecular flexibility index (Phi) is 5.32. The number of halogens is 1. The number of aryl methyl sites for hydroxylation is 1. The van der Waals surface area contributed by atoms with Crippen molar-refractivity contribution < 1.29 is 23.7 Å². The Balaban J connectivity index is 1.75. The second-order valence-electron chi connectivity index (χ2n) is 6.01. The molecule has 0 radical (unpaired) electrons. The van der Waals surface area contributed by atoms with E-state index in [0.29, 0.717) is 21.6 Å². The van der Waals surface area contributed by atoms with Crippen molar-refractivity contribution in [1.29, 1.82) is 0 Å². The molecule has 28 heavy (non-hydrogen) atoms. The maximum Gasteiger partial charge on any atom is 0.375 e. The zero-order chi connectivity index (χ0) is 20.4. The molecular weight excluding hydrogens is 388 g/mol. The summed E-state index contributed by atoms with van der Waals surface area (Å²) in [6.45, 7) is 3.04. The van der Waals surface area contributed by atoms with Crippen LogP contribution in [0, 0.1) is 17.0 Å². The molecule has 1 amide bonds. The maximum atomic E-state index is 12.4. The summed E-state index contributed by atoms with van der Waals surface area (Å²) in [6.07, 6.45) is -1.21. The van der Waals surface area contributed by atoms with Gasteiger partial charge in [0, 0.05) is 22.0 Å². The number of hydrogen-bond donors (Lipinski definition) is 1. The Hall–Kier alpha value is -3.39. The molecule has 0 aliphatic heterocycles. The van der Waals surface area contributed by atoms with Crippen molar-refractivity contribution in [3.63, 3.8) is 0 Å². The summed E-state index contributed by atoms with van der Waals surface area (Å²) in [6, 6.07) is 10.6. The number of furan rings is 1. The minimum Gasteiger partial charge on any atom is -0.449 e. The lowest BCUT2D eigenvalue weighted by molar-refractivity contribution is -0.383. The Bertz CT molecular complexity index is 1090. The van der Waals surface area contributed by atoms with Crippen molar-refractivity contribution in [3.05, 3.63) is 68.9 Å². The summed E-state index contributed by atoms with van der Waals surface area (Å²) in [5.74, 6) is -1.57. The number of carbonyl (C=O) groups is 2. The van der Waals surface area contributed by atoms with Crippen LogP contribution in [-0.4, -0.2) is 22.9 Å². The largest absolute Gasteiger partial charge is 0.449 e. The van der Waals surface area contributed by atoms with Gasteiger partial charge in [-0.1, -0.05) is 23.7 Å². The summed E-state index contributed by atoms with van der Waals surface area (Å²) >= 11 is 5.96. The van der Waals surface area contributed by atoms with Gasteiger partial charge >= 0.3 is 5.97 Å². The zero-order valence-corrected chi connectivity index (χ0v) is 15.6. The Morgan fingerprint density at radius 1 is 1.25 bits per heavy atom. The lowest BCUT2D eigenvalue weighted by Gasteiger charge is -2.13. The van der Waals surface area contributed by atoms with Gasteiger partial charge in [0.25, 0.3) is 11.6 Å². The third-order valence-corrected chi connectivity index (χ3v) is 4.33. The van der Waals surface area contributed by atoms with E-state index in [1.165, 1.54) is 25.1 Å². The molecule has 0 fully saturated rings. The maximum absolute atomic E-state index is 12.4. The predicted octanol–water partition coefficient (Wildman–Crippen LogP) is 4.49. The number of amides is 1. The molecule has 0 aliphatic rings. The minimum atomic E-state index is -1.21. The highest BCUT2D eigenvalue weighted by Gasteiger charge is 2.25. The molecular formula is C19H15ClN2O6. The number of carbonyl (C=O) groups excluding carboxylic acids is 2. The van der Waals surface area contributed by atoms with Crippen LogP contribution in [0.15, 0.2) is 46.9 Å². The molecule has 144 valence electrons. The first-order valence-corrected chi connectivity index (χ1v) is 8.59. The Labute approximate surface area is 164 Å². The van der Waals surface area contributed by atoms with Crippen molar-refractivity contribution in [2.24, 2.45) is 0 Å². The van der Waals surface area contributed by atoms with Crippen LogP contribution in [0.1, 0.15) is 23.0 Å². The number of esters is 1. The number of nitrogens with zero attached hydrogens (tertiary/aromatic N) is 1. The number of nitro benzene ring substituents is 1. The van der Waals surface area contributed by atoms with Crippen LogP contribution in [0.3, 0.4) is 0 Å². The number of rotatable bonds is 5. The standard InChI is InChI=1S/C19H15ClN2O6/c1-10-13-9-12(20)7-8-16(13)28-17(10)19(24)27-11(2)18(23)21-14-5-3-4-6-15(14)22(25)26/h3-9,11H,1-2H3,(H,21,23)/t11-/m0/s1. The van der Waals surface area contributed by atoms with Crippen LogP contribution in [0.5, 0.6) is 0 Å². The van der Waals surface area contributed by atoms with Gasteiger partial charge in [0.1, 0.15) is 11.3 Å². The van der Waals surface area contributed by atoms with Crippen molar-refractivity contribution in [3.8, 4) is 0 Å². The number of nitro groups is 1. The molecule has 1 heterocycles. The number of fused-ring (bicyclic) bond motifs is 1. The molecule has 0 spiro atoms. The van der Waals surface area contributed by atoms with Gasteiger partial charge in [-0.05, 0) is 38.1 Å². The van der Waals surface area contributed by atoms with Gasteiger partial charge in [-0.2, -0.15) is 0 Å². The average molecular weight is 403 g/mol. The molecule has 1 aromatic heterocycles. The van der Waals surface area contributed by atoms with Crippen LogP contribution >= 0.6 is 11.6 Å². The first kappa shape index (κ1) is 19.4. The molecule has 8 nitrogen and oxygen atoms in total. The number of anilines is 1. The molecule has 2 aromatic carbocycles. The second-order valence-corrected chi connectivity index (χ2v) is 6.44. The highest BCUT2D eigenvalue weighted by Crippen LogP contribution is 2.29. The fraction of sp³-hybridized carbons (Fsp3) is 0.158. The first-order chi connectivity index (χ1) is 13.3. The number of para-hydroxylation sites is 2. The third kappa shape index (κ3) is 3.81. The normalized spacial score (nSPS) is 11.8. The van der Waals surface area contributed by atoms with Gasteiger partial charge in [0.05, 0.1) is 4.92 Å². The van der Waals surface area contributed by atoms with Crippen LogP contribution in [0.25, 0.3) is 11.0 Å². The van der Waals surface area contributed by atoms with Crippen LogP contribution in [0.4, 0.5) is 11.4 Å². The highest BCUT2D eigenvalue weighted by molar-refractivity contribution is 6.31. The highest BCUT2D eigenvalue weighted by atomic mass is 35.5. The molecule has 0 bridgehead atoms. The van der Waals surface area contributed by atoms with Crippen molar-refractivity contribution in [2.45, 2.75) is 20.0 Å². The molecule has 1 atom stereocenters. The van der Waals surface area contributed by atoms with Gasteiger partial charge in [0.2, 0.25) is 5.76 Å². The van der Waals surface area contributed by atoms with Crippen LogP contribution < -0.4 is 5.32 Å². The van der Waals surface area contributed by atoms with Gasteiger partial charge in [-0.25, -0.2) is 4.79 Å². The van der Waals surface area contributed by atoms with Gasteiger partial charge in [-0.15, -0.1) is 0 Å². The molecule has 0 unspecified atom stereocenters. The summed E-state index contributed by atoms with van der Waals surface area (Å²) in [7, 11) is 0. The number of ether oxygens (including phenoxy) is 1. The summed E-state index contributed by atoms with van der Waals surface area (Å²) in [5.41, 5.74) is 0.744. The van der Waals surface area contributed by atoms with E-state index in [4.69, 9.17) is 20.8 Å². The van der Waals surface area contributed by atoms with E-state index in [1.807, 2.05) is 0 Å². The Morgan fingerprint density at radius 3 is 2.68 bits per heavy atom. The van der Waals surface area contributed by atoms with Crippen molar-refractivity contribution in [2.75, 3.05) is 5.32 Å². The fourth-order valence-corrected chi connectivity index (χ4v) is 2.80. The minimum absolute atomic E-state index is 0.00922. The lowest BCUT2D eigenvalue weighted by atomic mass is 10.1. The fourth-order valence-electron chi connectivity index (χ4n) is 2.63. The smallest absolute Gasteiger partial charge is 0.375 e. The second kappa shape index (κ2) is 7.69. The number of benzene rings is 2. The van der Waals surface area contributed by atoms with E-state index in [0.717, 1.165) is 0 Å². The van der Waals surface area contributed by atoms with Gasteiger partial charge in [-0.3, -0.25) is 14.9 Å². The molecule has 3 aromatic rings. The van der Waals surface area contributed by atoms with E-state index < -0.39 is 22.9 Å². The SMILES string of the molecule is Cc1c(C(=O)O[C@@H](C)C(=O)Nc2ccccc2[N+](=O)[O-])oc2ccc(Cl)cc12. The van der Waals surface area contributed by atoms with Crippen LogP contribution in [-0.2, 0) is 9.53 Å². The van der Waals surface area contributed by atoms with E-state index in [9.17, 15) is 19.7 Å². The van der Waals surface area contributed by atoms with Crippen LogP contribution in [0.2, 0.25) is 5.02 Å². The van der Waals surface area contributed by atoms with Crippen molar-refractivity contribution in [1.82, 2.24) is 0 Å². The zero-order valence-electron chi connectivity index (χ0n) is 14.9. The number of hydrogen-bond acceptors (Lipinski definition) is 6. The topological polar surface area (TPSA) is 112 Å². The van der Waals surface area contributed by atoms with E-state index in [-0.39, 0.29) is 17.1 Å². The molecule has 9 heteroatoms. The lowest BCUT2D eigenvalue weighted by Crippen LogP contribution is -2.30. The Morgan fingerprint density at radius 2 is 1.96 bits per heavy atom. The molecule has 0 saturated carbocycles. The summed E-state index contributed by atoms with van der Waals surface area (Å²) < 4.78 is 10.7. The van der Waals surface area contributed by atoms with Gasteiger partial charge in [0.15, 0.2) is 6.10 Å². The van der Waals surface area contributed by atoms with E-state index in [2.05, 4.69) is 5.32 Å². The molecule has 3 rings (SSSR count). The molecule has 0 aliphatic carbocycles. The predicted molar refractivity (Wildman–Crippen MR) is 103 cm³/mol. The van der Waals surface area contributed by atoms with Gasteiger partial charge < -0.3 is 14.5 Å². The van der Waals surface area contributed by atoms with E-state index >= 15 is 0 Å². The summed E-state index contributed by atoms with van der Waals surface area (Å²) in [5, 5.41) is 14.6. The quantitative estimate of drug-likeness (QED) is 0.382. The number of nitrogens with one attached hydrogen (secondary N) is 1. The average Bonchev–Trinajstić information content (AvgIpc) is 2.98. The molecule has 1 N–H and O–H groups in total. The van der Waals surface area contributed by atoms with Crippen molar-refractivity contribution >= 4 is 45.8 Å².